The average molecular weight is 389 g/mol. The van der Waals surface area contributed by atoms with Crippen LogP contribution in [0.2, 0.25) is 0 Å². The van der Waals surface area contributed by atoms with E-state index in [2.05, 4.69) is 17.4 Å². The van der Waals surface area contributed by atoms with Crippen molar-refractivity contribution in [2.75, 3.05) is 13.1 Å². The lowest BCUT2D eigenvalue weighted by Gasteiger charge is -2.12. The van der Waals surface area contributed by atoms with E-state index in [-0.39, 0.29) is 5.91 Å². The van der Waals surface area contributed by atoms with Crippen LogP contribution < -0.4 is 10.2 Å². The number of carbonyl (C=O) groups is 1. The van der Waals surface area contributed by atoms with Crippen LogP contribution in [-0.2, 0) is 24.1 Å². The van der Waals surface area contributed by atoms with Gasteiger partial charge in [-0.2, -0.15) is 13.2 Å². The van der Waals surface area contributed by atoms with E-state index in [1.54, 1.807) is 4.90 Å². The second kappa shape index (κ2) is 9.06. The smallest absolute Gasteiger partial charge is 0.348 e. The van der Waals surface area contributed by atoms with Crippen LogP contribution in [0.5, 0.6) is 0 Å². The van der Waals surface area contributed by atoms with Crippen molar-refractivity contribution in [1.82, 2.24) is 5.32 Å². The van der Waals surface area contributed by atoms with Gasteiger partial charge in [-0.25, -0.2) is 0 Å². The van der Waals surface area contributed by atoms with E-state index >= 15 is 0 Å². The normalized spacial score (nSPS) is 15.2. The van der Waals surface area contributed by atoms with Gasteiger partial charge in [0.2, 0.25) is 5.91 Å². The Morgan fingerprint density at radius 2 is 1.71 bits per heavy atom. The number of hydrogen-bond donors (Lipinski definition) is 2. The molecule has 148 valence electrons. The van der Waals surface area contributed by atoms with Gasteiger partial charge in [0, 0.05) is 31.0 Å². The highest BCUT2D eigenvalue weighted by molar-refractivity contribution is 5.91. The van der Waals surface area contributed by atoms with Gasteiger partial charge in [0.15, 0.2) is 0 Å². The maximum absolute atomic E-state index is 12.7. The molecule has 2 aromatic carbocycles. The molecule has 2 aromatic rings. The Balaban J connectivity index is 1.49. The molecular formula is C22H24F3N2O+. The minimum atomic E-state index is -4.39. The van der Waals surface area contributed by atoms with Crippen LogP contribution in [0.15, 0.2) is 54.6 Å². The highest BCUT2D eigenvalue weighted by atomic mass is 19.4. The Bertz CT molecular complexity index is 822. The summed E-state index contributed by atoms with van der Waals surface area (Å²) in [5.74, 6) is -0.344. The molecule has 1 aliphatic rings. The summed E-state index contributed by atoms with van der Waals surface area (Å²) in [6, 6.07) is 13.1. The van der Waals surface area contributed by atoms with E-state index < -0.39 is 11.7 Å². The molecule has 3 rings (SSSR count). The number of alkyl halides is 3. The van der Waals surface area contributed by atoms with Crippen molar-refractivity contribution in [3.05, 3.63) is 76.9 Å². The molecule has 0 unspecified atom stereocenters. The fourth-order valence-corrected chi connectivity index (χ4v) is 3.35. The molecule has 0 aromatic heterocycles. The van der Waals surface area contributed by atoms with Crippen molar-refractivity contribution in [1.29, 1.82) is 0 Å². The molecule has 0 saturated carbocycles. The first-order valence-corrected chi connectivity index (χ1v) is 9.45. The SMILES string of the molecule is O=C(/C=C/c1cccc(C(F)(F)F)c1)NCc1ccc(C[NH+]2CCCC2)cc1. The molecule has 0 atom stereocenters. The van der Waals surface area contributed by atoms with Gasteiger partial charge in [0.1, 0.15) is 6.54 Å². The van der Waals surface area contributed by atoms with E-state index in [0.29, 0.717) is 12.1 Å². The summed E-state index contributed by atoms with van der Waals surface area (Å²) in [5.41, 5.74) is 1.88. The number of amides is 1. The lowest BCUT2D eigenvalue weighted by Crippen LogP contribution is -3.08. The van der Waals surface area contributed by atoms with Crippen LogP contribution in [0, 0.1) is 0 Å². The molecule has 0 bridgehead atoms. The summed E-state index contributed by atoms with van der Waals surface area (Å²) < 4.78 is 38.1. The highest BCUT2D eigenvalue weighted by Crippen LogP contribution is 2.29. The van der Waals surface area contributed by atoms with Crippen LogP contribution >= 0.6 is 0 Å². The third-order valence-corrected chi connectivity index (χ3v) is 4.90. The van der Waals surface area contributed by atoms with Crippen LogP contribution in [0.4, 0.5) is 13.2 Å². The fraction of sp³-hybridized carbons (Fsp3) is 0.318. The third kappa shape index (κ3) is 5.96. The molecule has 1 amide bonds. The predicted molar refractivity (Wildman–Crippen MR) is 102 cm³/mol. The standard InChI is InChI=1S/C22H23F3N2O/c23-22(24,25)20-5-3-4-17(14-20)10-11-21(28)26-15-18-6-8-19(9-7-18)16-27-12-1-2-13-27/h3-11,14H,1-2,12-13,15-16H2,(H,26,28)/p+1/b11-10+. The van der Waals surface area contributed by atoms with Crippen molar-refractivity contribution in [3.63, 3.8) is 0 Å². The van der Waals surface area contributed by atoms with Gasteiger partial charge in [-0.3, -0.25) is 4.79 Å². The lowest BCUT2D eigenvalue weighted by molar-refractivity contribution is -0.901. The second-order valence-electron chi connectivity index (χ2n) is 7.12. The van der Waals surface area contributed by atoms with Crippen LogP contribution in [0.1, 0.15) is 35.1 Å². The first kappa shape index (κ1) is 20.1. The first-order chi connectivity index (χ1) is 13.4. The molecular weight excluding hydrogens is 365 g/mol. The molecule has 3 nitrogen and oxygen atoms in total. The zero-order chi connectivity index (χ0) is 20.0. The van der Waals surface area contributed by atoms with E-state index in [0.717, 1.165) is 24.2 Å². The minimum absolute atomic E-state index is 0.332. The molecule has 28 heavy (non-hydrogen) atoms. The first-order valence-electron chi connectivity index (χ1n) is 9.45. The van der Waals surface area contributed by atoms with Crippen LogP contribution in [0.3, 0.4) is 0 Å². The Morgan fingerprint density at radius 3 is 2.39 bits per heavy atom. The number of quaternary nitrogens is 1. The second-order valence-corrected chi connectivity index (χ2v) is 7.12. The molecule has 1 heterocycles. The fourth-order valence-electron chi connectivity index (χ4n) is 3.35. The maximum atomic E-state index is 12.7. The number of carbonyl (C=O) groups excluding carboxylic acids is 1. The quantitative estimate of drug-likeness (QED) is 0.731. The predicted octanol–water partition coefficient (Wildman–Crippen LogP) is 3.21. The molecule has 1 aliphatic heterocycles. The van der Waals surface area contributed by atoms with Crippen LogP contribution in [-0.4, -0.2) is 19.0 Å². The van der Waals surface area contributed by atoms with E-state index in [4.69, 9.17) is 0 Å². The summed E-state index contributed by atoms with van der Waals surface area (Å²) in [4.78, 5) is 13.6. The highest BCUT2D eigenvalue weighted by Gasteiger charge is 2.30. The summed E-state index contributed by atoms with van der Waals surface area (Å²) in [5, 5.41) is 2.75. The maximum Gasteiger partial charge on any atom is 0.416 e. The van der Waals surface area contributed by atoms with E-state index in [9.17, 15) is 18.0 Å². The van der Waals surface area contributed by atoms with Gasteiger partial charge in [0.25, 0.3) is 0 Å². The van der Waals surface area contributed by atoms with Gasteiger partial charge in [-0.15, -0.1) is 0 Å². The molecule has 1 saturated heterocycles. The molecule has 0 spiro atoms. The summed E-state index contributed by atoms with van der Waals surface area (Å²) in [6.07, 6.45) is 0.836. The van der Waals surface area contributed by atoms with Crippen molar-refractivity contribution in [2.45, 2.75) is 32.1 Å². The monoisotopic (exact) mass is 389 g/mol. The largest absolute Gasteiger partial charge is 0.416 e. The van der Waals surface area contributed by atoms with Gasteiger partial charge in [-0.05, 0) is 29.3 Å². The van der Waals surface area contributed by atoms with E-state index in [1.165, 1.54) is 55.8 Å². The molecule has 1 fully saturated rings. The van der Waals surface area contributed by atoms with Gasteiger partial charge in [0.05, 0.1) is 18.7 Å². The van der Waals surface area contributed by atoms with Crippen molar-refractivity contribution < 1.29 is 22.9 Å². The number of nitrogens with one attached hydrogen (secondary N) is 2. The van der Waals surface area contributed by atoms with E-state index in [1.807, 2.05) is 12.1 Å². The van der Waals surface area contributed by atoms with Gasteiger partial charge in [-0.1, -0.05) is 36.4 Å². The van der Waals surface area contributed by atoms with Crippen molar-refractivity contribution in [3.8, 4) is 0 Å². The Morgan fingerprint density at radius 1 is 1.04 bits per heavy atom. The van der Waals surface area contributed by atoms with Crippen molar-refractivity contribution in [2.24, 2.45) is 0 Å². The molecule has 0 radical (unpaired) electrons. The van der Waals surface area contributed by atoms with Gasteiger partial charge < -0.3 is 10.2 Å². The Labute approximate surface area is 162 Å². The summed E-state index contributed by atoms with van der Waals surface area (Å²) in [7, 11) is 0. The number of rotatable bonds is 6. The zero-order valence-electron chi connectivity index (χ0n) is 15.6. The molecule has 6 heteroatoms. The third-order valence-electron chi connectivity index (χ3n) is 4.90. The molecule has 2 N–H and O–H groups in total. The van der Waals surface area contributed by atoms with Crippen molar-refractivity contribution >= 4 is 12.0 Å². The number of benzene rings is 2. The zero-order valence-corrected chi connectivity index (χ0v) is 15.6. The Hall–Kier alpha value is -2.60. The minimum Gasteiger partial charge on any atom is -0.348 e. The van der Waals surface area contributed by atoms with Crippen LogP contribution in [0.25, 0.3) is 6.08 Å². The number of likely N-dealkylation sites (tertiary alicyclic amines) is 1. The van der Waals surface area contributed by atoms with Gasteiger partial charge >= 0.3 is 6.18 Å². The molecule has 0 aliphatic carbocycles. The Kier molecular flexibility index (Phi) is 6.52. The summed E-state index contributed by atoms with van der Waals surface area (Å²) >= 11 is 0. The number of halogens is 3. The summed E-state index contributed by atoms with van der Waals surface area (Å²) in [6.45, 7) is 3.88. The lowest BCUT2D eigenvalue weighted by atomic mass is 10.1. The number of hydrogen-bond acceptors (Lipinski definition) is 1. The topological polar surface area (TPSA) is 33.5 Å². The average Bonchev–Trinajstić information content (AvgIpc) is 3.18.